The van der Waals surface area contributed by atoms with E-state index in [1.54, 1.807) is 0 Å². The molecule has 1 aromatic carbocycles. The number of hydrogen-bond donors (Lipinski definition) is 2. The molecule has 4 heteroatoms. The fourth-order valence-electron chi connectivity index (χ4n) is 1.05. The minimum absolute atomic E-state index is 0.108. The number of aliphatic hydroxyl groups excluding tert-OH is 1. The highest BCUT2D eigenvalue weighted by molar-refractivity contribution is 9.10. The van der Waals surface area contributed by atoms with Gasteiger partial charge in [-0.3, -0.25) is 0 Å². The van der Waals surface area contributed by atoms with Crippen molar-refractivity contribution in [1.82, 2.24) is 5.32 Å². The van der Waals surface area contributed by atoms with E-state index in [0.29, 0.717) is 11.6 Å². The van der Waals surface area contributed by atoms with Gasteiger partial charge in [0, 0.05) is 16.6 Å². The molecule has 0 atom stereocenters. The summed E-state index contributed by atoms with van der Waals surface area (Å²) in [5, 5.41) is 13.0. The molecule has 0 saturated heterocycles. The van der Waals surface area contributed by atoms with E-state index in [-0.39, 0.29) is 12.1 Å². The molecule has 0 aromatic heterocycles. The van der Waals surface area contributed by atoms with Crippen LogP contribution in [0.3, 0.4) is 0 Å². The lowest BCUT2D eigenvalue weighted by Gasteiger charge is -2.23. The summed E-state index contributed by atoms with van der Waals surface area (Å²) >= 11 is 9.31. The quantitative estimate of drug-likeness (QED) is 0.894. The topological polar surface area (TPSA) is 32.3 Å². The largest absolute Gasteiger partial charge is 0.394 e. The molecular formula is C11H15BrClNO. The number of aliphatic hydroxyl groups is 1. The molecule has 0 bridgehead atoms. The summed E-state index contributed by atoms with van der Waals surface area (Å²) in [6.45, 7) is 4.71. The Morgan fingerprint density at radius 3 is 2.67 bits per heavy atom. The Kier molecular flexibility index (Phi) is 4.59. The molecule has 15 heavy (non-hydrogen) atoms. The van der Waals surface area contributed by atoms with E-state index in [0.717, 1.165) is 10.0 Å². The van der Waals surface area contributed by atoms with Crippen molar-refractivity contribution in [2.45, 2.75) is 25.9 Å². The fourth-order valence-corrected chi connectivity index (χ4v) is 1.50. The first-order valence-electron chi connectivity index (χ1n) is 4.74. The van der Waals surface area contributed by atoms with Crippen LogP contribution in [0.4, 0.5) is 0 Å². The highest BCUT2D eigenvalue weighted by atomic mass is 79.9. The van der Waals surface area contributed by atoms with Crippen LogP contribution < -0.4 is 5.32 Å². The minimum atomic E-state index is -0.264. The highest BCUT2D eigenvalue weighted by Crippen LogP contribution is 2.23. The van der Waals surface area contributed by atoms with Crippen molar-refractivity contribution in [1.29, 1.82) is 0 Å². The lowest BCUT2D eigenvalue weighted by Crippen LogP contribution is -2.42. The van der Waals surface area contributed by atoms with Crippen LogP contribution in [0.15, 0.2) is 22.7 Å². The Balaban J connectivity index is 2.62. The Morgan fingerprint density at radius 2 is 2.13 bits per heavy atom. The molecule has 0 amide bonds. The van der Waals surface area contributed by atoms with Crippen LogP contribution in [0.1, 0.15) is 19.4 Å². The second kappa shape index (κ2) is 5.30. The molecule has 0 fully saturated rings. The van der Waals surface area contributed by atoms with Crippen molar-refractivity contribution in [3.05, 3.63) is 33.3 Å². The Morgan fingerprint density at radius 1 is 1.47 bits per heavy atom. The summed E-state index contributed by atoms with van der Waals surface area (Å²) in [4.78, 5) is 0. The Bertz CT molecular complexity index is 341. The van der Waals surface area contributed by atoms with Crippen LogP contribution in [0.2, 0.25) is 5.02 Å². The molecule has 84 valence electrons. The lowest BCUT2D eigenvalue weighted by atomic mass is 10.1. The van der Waals surface area contributed by atoms with Gasteiger partial charge in [-0.1, -0.05) is 17.7 Å². The average Bonchev–Trinajstić information content (AvgIpc) is 2.20. The van der Waals surface area contributed by atoms with Crippen LogP contribution in [-0.2, 0) is 6.54 Å². The van der Waals surface area contributed by atoms with E-state index in [1.807, 2.05) is 32.0 Å². The van der Waals surface area contributed by atoms with Gasteiger partial charge in [0.1, 0.15) is 0 Å². The van der Waals surface area contributed by atoms with Gasteiger partial charge in [0.05, 0.1) is 11.6 Å². The SMILES string of the molecule is CC(C)(CO)NCc1ccc(Br)c(Cl)c1. The zero-order valence-corrected chi connectivity index (χ0v) is 11.2. The molecule has 0 aliphatic heterocycles. The normalized spacial score (nSPS) is 11.8. The number of hydrogen-bond acceptors (Lipinski definition) is 2. The number of benzene rings is 1. The maximum absolute atomic E-state index is 9.07. The fraction of sp³-hybridized carbons (Fsp3) is 0.455. The van der Waals surface area contributed by atoms with Gasteiger partial charge in [-0.2, -0.15) is 0 Å². The molecule has 1 aromatic rings. The summed E-state index contributed by atoms with van der Waals surface area (Å²) in [5.74, 6) is 0. The van der Waals surface area contributed by atoms with E-state index < -0.39 is 0 Å². The predicted molar refractivity (Wildman–Crippen MR) is 67.2 cm³/mol. The highest BCUT2D eigenvalue weighted by Gasteiger charge is 2.14. The second-order valence-corrected chi connectivity index (χ2v) is 5.41. The zero-order chi connectivity index (χ0) is 11.5. The maximum atomic E-state index is 9.07. The van der Waals surface area contributed by atoms with Crippen molar-refractivity contribution >= 4 is 27.5 Å². The first kappa shape index (κ1) is 13.0. The van der Waals surface area contributed by atoms with Gasteiger partial charge in [-0.15, -0.1) is 0 Å². The van der Waals surface area contributed by atoms with Crippen LogP contribution in [0.5, 0.6) is 0 Å². The standard InChI is InChI=1S/C11H15BrClNO/c1-11(2,7-15)14-6-8-3-4-9(12)10(13)5-8/h3-5,14-15H,6-7H2,1-2H3. The number of nitrogens with one attached hydrogen (secondary N) is 1. The maximum Gasteiger partial charge on any atom is 0.0607 e. The molecule has 2 N–H and O–H groups in total. The van der Waals surface area contributed by atoms with Gasteiger partial charge in [-0.05, 0) is 47.5 Å². The average molecular weight is 293 g/mol. The van der Waals surface area contributed by atoms with Gasteiger partial charge in [0.2, 0.25) is 0 Å². The molecule has 0 saturated carbocycles. The Labute approximate surface area is 104 Å². The third kappa shape index (κ3) is 4.11. The number of rotatable bonds is 4. The van der Waals surface area contributed by atoms with Crippen LogP contribution in [-0.4, -0.2) is 17.3 Å². The summed E-state index contributed by atoms with van der Waals surface area (Å²) in [6.07, 6.45) is 0. The van der Waals surface area contributed by atoms with Crippen molar-refractivity contribution in [3.63, 3.8) is 0 Å². The summed E-state index contributed by atoms with van der Waals surface area (Å²) in [5.41, 5.74) is 0.837. The van der Waals surface area contributed by atoms with Crippen LogP contribution in [0, 0.1) is 0 Å². The van der Waals surface area contributed by atoms with Crippen molar-refractivity contribution < 1.29 is 5.11 Å². The smallest absolute Gasteiger partial charge is 0.0607 e. The minimum Gasteiger partial charge on any atom is -0.394 e. The van der Waals surface area contributed by atoms with Gasteiger partial charge >= 0.3 is 0 Å². The molecular weight excluding hydrogens is 277 g/mol. The molecule has 0 heterocycles. The van der Waals surface area contributed by atoms with Gasteiger partial charge in [0.15, 0.2) is 0 Å². The molecule has 0 aliphatic rings. The van der Waals surface area contributed by atoms with Crippen molar-refractivity contribution in [2.24, 2.45) is 0 Å². The van der Waals surface area contributed by atoms with Gasteiger partial charge in [-0.25, -0.2) is 0 Å². The number of halogens is 2. The molecule has 0 aliphatic carbocycles. The third-order valence-electron chi connectivity index (χ3n) is 2.15. The first-order valence-corrected chi connectivity index (χ1v) is 5.91. The summed E-state index contributed by atoms with van der Waals surface area (Å²) in [6, 6.07) is 5.83. The third-order valence-corrected chi connectivity index (χ3v) is 3.38. The van der Waals surface area contributed by atoms with Crippen LogP contribution in [0.25, 0.3) is 0 Å². The monoisotopic (exact) mass is 291 g/mol. The zero-order valence-electron chi connectivity index (χ0n) is 8.85. The van der Waals surface area contributed by atoms with E-state index in [4.69, 9.17) is 16.7 Å². The van der Waals surface area contributed by atoms with Gasteiger partial charge < -0.3 is 10.4 Å². The van der Waals surface area contributed by atoms with E-state index in [1.165, 1.54) is 0 Å². The van der Waals surface area contributed by atoms with E-state index in [9.17, 15) is 0 Å². The molecule has 0 spiro atoms. The van der Waals surface area contributed by atoms with E-state index in [2.05, 4.69) is 21.2 Å². The van der Waals surface area contributed by atoms with Gasteiger partial charge in [0.25, 0.3) is 0 Å². The van der Waals surface area contributed by atoms with Crippen molar-refractivity contribution in [3.8, 4) is 0 Å². The molecule has 2 nitrogen and oxygen atoms in total. The van der Waals surface area contributed by atoms with Crippen molar-refractivity contribution in [2.75, 3.05) is 6.61 Å². The van der Waals surface area contributed by atoms with Crippen LogP contribution >= 0.6 is 27.5 Å². The summed E-state index contributed by atoms with van der Waals surface area (Å²) in [7, 11) is 0. The first-order chi connectivity index (χ1) is 6.94. The molecule has 0 unspecified atom stereocenters. The van der Waals surface area contributed by atoms with E-state index >= 15 is 0 Å². The molecule has 1 rings (SSSR count). The predicted octanol–water partition coefficient (Wildman–Crippen LogP) is 2.96. The summed E-state index contributed by atoms with van der Waals surface area (Å²) < 4.78 is 0.898. The Hall–Kier alpha value is -0.0900. The second-order valence-electron chi connectivity index (χ2n) is 4.14. The molecule has 0 radical (unpaired) electrons. The lowest BCUT2D eigenvalue weighted by molar-refractivity contribution is 0.187.